The number of amides is 4. The summed E-state index contributed by atoms with van der Waals surface area (Å²) in [5.41, 5.74) is -0.527. The number of methoxy groups -OCH3 is 1. The second-order valence-corrected chi connectivity index (χ2v) is 7.38. The minimum absolute atomic E-state index is 0.115. The van der Waals surface area contributed by atoms with Gasteiger partial charge in [-0.05, 0) is 31.9 Å². The summed E-state index contributed by atoms with van der Waals surface area (Å²) in [6.07, 6.45) is -0.669. The Kier molecular flexibility index (Phi) is 7.92. The summed E-state index contributed by atoms with van der Waals surface area (Å²) in [5, 5.41) is 9.05. The number of anilines is 1. The normalized spacial score (nSPS) is 18.5. The number of likely N-dealkylation sites (N-methyl/N-ethyl adjacent to an activating group) is 1. The predicted molar refractivity (Wildman–Crippen MR) is 108 cm³/mol. The second kappa shape index (κ2) is 10.2. The van der Waals surface area contributed by atoms with Gasteiger partial charge >= 0.3 is 6.09 Å². The van der Waals surface area contributed by atoms with E-state index in [1.807, 2.05) is 0 Å². The Labute approximate surface area is 182 Å². The SMILES string of the molecule is CNC(=O)C(=O)[C@H](C[C@@H]1C[C@@H](C)NC1=O)NC(=O)c1cc(Cl)c(F)cc1NC(=O)OC. The highest BCUT2D eigenvalue weighted by molar-refractivity contribution is 6.38. The molecule has 10 nitrogen and oxygen atoms in total. The van der Waals surface area contributed by atoms with Crippen LogP contribution in [0.1, 0.15) is 30.1 Å². The van der Waals surface area contributed by atoms with E-state index in [-0.39, 0.29) is 29.6 Å². The van der Waals surface area contributed by atoms with Gasteiger partial charge in [0, 0.05) is 19.0 Å². The van der Waals surface area contributed by atoms with Crippen LogP contribution >= 0.6 is 11.6 Å². The van der Waals surface area contributed by atoms with Crippen molar-refractivity contribution >= 4 is 46.9 Å². The lowest BCUT2D eigenvalue weighted by Crippen LogP contribution is -2.48. The van der Waals surface area contributed by atoms with E-state index in [0.29, 0.717) is 6.42 Å². The molecule has 1 aliphatic heterocycles. The van der Waals surface area contributed by atoms with Gasteiger partial charge in [0.05, 0.1) is 29.4 Å². The lowest BCUT2D eigenvalue weighted by Gasteiger charge is -2.20. The van der Waals surface area contributed by atoms with Crippen molar-refractivity contribution in [3.8, 4) is 0 Å². The quantitative estimate of drug-likeness (QED) is 0.450. The number of nitrogens with one attached hydrogen (secondary N) is 4. The van der Waals surface area contributed by atoms with Crippen LogP contribution < -0.4 is 21.3 Å². The van der Waals surface area contributed by atoms with Gasteiger partial charge in [0.15, 0.2) is 0 Å². The van der Waals surface area contributed by atoms with Crippen molar-refractivity contribution in [1.82, 2.24) is 16.0 Å². The topological polar surface area (TPSA) is 143 Å². The molecule has 1 aromatic rings. The maximum Gasteiger partial charge on any atom is 0.411 e. The van der Waals surface area contributed by atoms with Gasteiger partial charge in [0.2, 0.25) is 11.7 Å². The molecule has 1 aromatic carbocycles. The van der Waals surface area contributed by atoms with Crippen LogP contribution in [0.5, 0.6) is 0 Å². The van der Waals surface area contributed by atoms with Gasteiger partial charge in [-0.25, -0.2) is 9.18 Å². The molecule has 3 atom stereocenters. The molecule has 0 unspecified atom stereocenters. The fraction of sp³-hybridized carbons (Fsp3) is 0.421. The Balaban J connectivity index is 2.33. The van der Waals surface area contributed by atoms with Crippen molar-refractivity contribution in [3.05, 3.63) is 28.5 Å². The number of ketones is 1. The highest BCUT2D eigenvalue weighted by Gasteiger charge is 2.36. The standard InChI is InChI=1S/C19H22ClFN4O6/c1-8-4-9(16(27)23-8)5-14(15(26)18(29)22-2)24-17(28)10-6-11(20)12(21)7-13(10)25-19(30)31-3/h6-9,14H,4-5H2,1-3H3,(H,22,29)(H,23,27)(H,24,28)(H,25,30)/t8-,9+,14+/m1/s1. The van der Waals surface area contributed by atoms with E-state index in [1.54, 1.807) is 6.92 Å². The molecule has 168 valence electrons. The number of halogens is 2. The van der Waals surface area contributed by atoms with Crippen LogP contribution in [-0.4, -0.2) is 55.8 Å². The lowest BCUT2D eigenvalue weighted by molar-refractivity contribution is -0.139. The smallest absolute Gasteiger partial charge is 0.411 e. The minimum Gasteiger partial charge on any atom is -0.453 e. The van der Waals surface area contributed by atoms with E-state index < -0.39 is 46.5 Å². The molecule has 0 spiro atoms. The van der Waals surface area contributed by atoms with Gasteiger partial charge < -0.3 is 20.7 Å². The summed E-state index contributed by atoms with van der Waals surface area (Å²) in [4.78, 5) is 60.9. The number of Topliss-reactive ketones (excluding diaryl/α,β-unsaturated/α-hetero) is 1. The van der Waals surface area contributed by atoms with E-state index in [9.17, 15) is 28.4 Å². The maximum atomic E-state index is 13.9. The number of carbonyl (C=O) groups excluding carboxylic acids is 5. The van der Waals surface area contributed by atoms with Crippen molar-refractivity contribution in [2.24, 2.45) is 5.92 Å². The first kappa shape index (κ1) is 24.1. The molecule has 1 aliphatic rings. The third-order valence-electron chi connectivity index (χ3n) is 4.72. The van der Waals surface area contributed by atoms with Crippen molar-refractivity contribution in [1.29, 1.82) is 0 Å². The van der Waals surface area contributed by atoms with Crippen LogP contribution in [0.4, 0.5) is 14.9 Å². The van der Waals surface area contributed by atoms with Gasteiger partial charge in [0.25, 0.3) is 11.8 Å². The Morgan fingerprint density at radius 3 is 2.55 bits per heavy atom. The average molecular weight is 457 g/mol. The molecule has 0 aromatic heterocycles. The van der Waals surface area contributed by atoms with Crippen molar-refractivity contribution < 1.29 is 33.1 Å². The molecule has 1 saturated heterocycles. The van der Waals surface area contributed by atoms with Crippen LogP contribution in [-0.2, 0) is 19.1 Å². The molecular formula is C19H22ClFN4O6. The number of hydrogen-bond donors (Lipinski definition) is 4. The zero-order chi connectivity index (χ0) is 23.3. The summed E-state index contributed by atoms with van der Waals surface area (Å²) in [6.45, 7) is 1.79. The van der Waals surface area contributed by atoms with Crippen LogP contribution in [0, 0.1) is 11.7 Å². The van der Waals surface area contributed by atoms with E-state index >= 15 is 0 Å². The van der Waals surface area contributed by atoms with Crippen LogP contribution in [0.2, 0.25) is 5.02 Å². The molecule has 0 radical (unpaired) electrons. The average Bonchev–Trinajstić information content (AvgIpc) is 3.05. The first-order valence-electron chi connectivity index (χ1n) is 9.28. The molecule has 12 heteroatoms. The summed E-state index contributed by atoms with van der Waals surface area (Å²) in [7, 11) is 2.33. The van der Waals surface area contributed by atoms with Crippen molar-refractivity contribution in [3.63, 3.8) is 0 Å². The lowest BCUT2D eigenvalue weighted by atomic mass is 9.93. The first-order valence-corrected chi connectivity index (χ1v) is 9.66. The Hall–Kier alpha value is -3.21. The van der Waals surface area contributed by atoms with Crippen LogP contribution in [0.25, 0.3) is 0 Å². The van der Waals surface area contributed by atoms with Crippen molar-refractivity contribution in [2.75, 3.05) is 19.5 Å². The Morgan fingerprint density at radius 1 is 1.32 bits per heavy atom. The third-order valence-corrected chi connectivity index (χ3v) is 5.01. The summed E-state index contributed by atoms with van der Waals surface area (Å²) >= 11 is 5.76. The molecule has 4 amide bonds. The van der Waals surface area contributed by atoms with Crippen LogP contribution in [0.15, 0.2) is 12.1 Å². The first-order chi connectivity index (χ1) is 14.6. The zero-order valence-corrected chi connectivity index (χ0v) is 17.8. The molecule has 4 N–H and O–H groups in total. The number of rotatable bonds is 7. The maximum absolute atomic E-state index is 13.9. The van der Waals surface area contributed by atoms with E-state index in [4.69, 9.17) is 11.6 Å². The fourth-order valence-corrected chi connectivity index (χ4v) is 3.35. The highest BCUT2D eigenvalue weighted by Crippen LogP contribution is 2.26. The van der Waals surface area contributed by atoms with Crippen LogP contribution in [0.3, 0.4) is 0 Å². The van der Waals surface area contributed by atoms with Gasteiger partial charge in [-0.2, -0.15) is 0 Å². The summed E-state index contributed by atoms with van der Waals surface area (Å²) in [5.74, 6) is -4.63. The molecule has 1 fully saturated rings. The number of carbonyl (C=O) groups is 5. The van der Waals surface area contributed by atoms with Crippen molar-refractivity contribution in [2.45, 2.75) is 31.8 Å². The monoisotopic (exact) mass is 456 g/mol. The molecule has 31 heavy (non-hydrogen) atoms. The van der Waals surface area contributed by atoms with E-state index in [1.165, 1.54) is 7.05 Å². The number of hydrogen-bond acceptors (Lipinski definition) is 6. The summed E-state index contributed by atoms with van der Waals surface area (Å²) in [6, 6.07) is 0.318. The highest BCUT2D eigenvalue weighted by atomic mass is 35.5. The Morgan fingerprint density at radius 2 is 2.00 bits per heavy atom. The van der Waals surface area contributed by atoms with Gasteiger partial charge in [0.1, 0.15) is 5.82 Å². The molecular weight excluding hydrogens is 435 g/mol. The molecule has 2 rings (SSSR count). The largest absolute Gasteiger partial charge is 0.453 e. The van der Waals surface area contributed by atoms with Gasteiger partial charge in [-0.15, -0.1) is 0 Å². The zero-order valence-electron chi connectivity index (χ0n) is 17.0. The summed E-state index contributed by atoms with van der Waals surface area (Å²) < 4.78 is 18.3. The predicted octanol–water partition coefficient (Wildman–Crippen LogP) is 0.986. The second-order valence-electron chi connectivity index (χ2n) is 6.98. The molecule has 1 heterocycles. The van der Waals surface area contributed by atoms with E-state index in [2.05, 4.69) is 26.0 Å². The molecule has 0 aliphatic carbocycles. The number of ether oxygens (including phenoxy) is 1. The fourth-order valence-electron chi connectivity index (χ4n) is 3.19. The minimum atomic E-state index is -1.34. The van der Waals surface area contributed by atoms with Gasteiger partial charge in [-0.3, -0.25) is 24.5 Å². The third kappa shape index (κ3) is 5.91. The molecule has 0 bridgehead atoms. The van der Waals surface area contributed by atoms with Gasteiger partial charge in [-0.1, -0.05) is 11.6 Å². The van der Waals surface area contributed by atoms with E-state index in [0.717, 1.165) is 19.2 Å². The molecule has 0 saturated carbocycles. The number of benzene rings is 1. The Bertz CT molecular complexity index is 925.